The molecule has 3 rings (SSSR count). The molecule has 1 aromatic rings. The van der Waals surface area contributed by atoms with Crippen LogP contribution in [0.25, 0.3) is 0 Å². The van der Waals surface area contributed by atoms with E-state index in [0.29, 0.717) is 10.8 Å². The Hall–Kier alpha value is -0.870. The Labute approximate surface area is 117 Å². The van der Waals surface area contributed by atoms with Crippen LogP contribution in [0.2, 0.25) is 0 Å². The quantitative estimate of drug-likeness (QED) is 0.872. The van der Waals surface area contributed by atoms with Crippen molar-refractivity contribution < 1.29 is 15.0 Å². The van der Waals surface area contributed by atoms with Gasteiger partial charge in [0.1, 0.15) is 5.60 Å². The van der Waals surface area contributed by atoms with Gasteiger partial charge in [-0.15, -0.1) is 11.3 Å². The second kappa shape index (κ2) is 3.61. The lowest BCUT2D eigenvalue weighted by Crippen LogP contribution is -2.51. The molecule has 1 heterocycles. The lowest BCUT2D eigenvalue weighted by atomic mass is 9.59. The Kier molecular flexibility index (Phi) is 2.50. The van der Waals surface area contributed by atoms with E-state index in [1.54, 1.807) is 11.4 Å². The number of rotatable bonds is 2. The first-order chi connectivity index (χ1) is 8.74. The summed E-state index contributed by atoms with van der Waals surface area (Å²) in [5.41, 5.74) is -1.22. The van der Waals surface area contributed by atoms with Crippen LogP contribution >= 0.6 is 11.3 Å². The highest BCUT2D eigenvalue weighted by Gasteiger charge is 2.70. The van der Waals surface area contributed by atoms with E-state index in [2.05, 4.69) is 20.8 Å². The molecular weight excluding hydrogens is 260 g/mol. The summed E-state index contributed by atoms with van der Waals surface area (Å²) in [5, 5.41) is 22.6. The van der Waals surface area contributed by atoms with Gasteiger partial charge in [-0.1, -0.05) is 20.8 Å². The molecule has 104 valence electrons. The highest BCUT2D eigenvalue weighted by Crippen LogP contribution is 2.72. The molecule has 0 saturated heterocycles. The molecule has 3 atom stereocenters. The number of carboxylic acid groups (broad SMARTS) is 1. The molecule has 2 bridgehead atoms. The first-order valence-corrected chi connectivity index (χ1v) is 7.66. The van der Waals surface area contributed by atoms with Gasteiger partial charge >= 0.3 is 5.97 Å². The standard InChI is InChI=1S/C15H20O3S/c1-13(2)9-4-6-14(3,8-9)15(13,18)11-10(12(16)17)5-7-19-11/h5,7,9,18H,4,6,8H2,1-3H3,(H,16,17). The average Bonchev–Trinajstić information content (AvgIpc) is 2.96. The number of hydrogen-bond acceptors (Lipinski definition) is 3. The number of carbonyl (C=O) groups is 1. The number of aromatic carboxylic acids is 1. The first kappa shape index (κ1) is 13.1. The van der Waals surface area contributed by atoms with Crippen molar-refractivity contribution in [2.45, 2.75) is 45.6 Å². The normalized spacial score (nSPS) is 39.7. The van der Waals surface area contributed by atoms with Gasteiger partial charge < -0.3 is 10.2 Å². The number of carboxylic acids is 1. The van der Waals surface area contributed by atoms with Crippen LogP contribution < -0.4 is 0 Å². The van der Waals surface area contributed by atoms with Crippen LogP contribution in [0.4, 0.5) is 0 Å². The third-order valence-corrected chi connectivity index (χ3v) is 6.82. The van der Waals surface area contributed by atoms with Crippen molar-refractivity contribution in [2.24, 2.45) is 16.7 Å². The monoisotopic (exact) mass is 280 g/mol. The van der Waals surface area contributed by atoms with Crippen LogP contribution in [0.3, 0.4) is 0 Å². The van der Waals surface area contributed by atoms with Crippen LogP contribution in [0.15, 0.2) is 11.4 Å². The number of thiophene rings is 1. The lowest BCUT2D eigenvalue weighted by molar-refractivity contribution is -0.148. The second-order valence-electron chi connectivity index (χ2n) is 6.90. The fourth-order valence-corrected chi connectivity index (χ4v) is 5.89. The minimum Gasteiger partial charge on any atom is -0.478 e. The van der Waals surface area contributed by atoms with Gasteiger partial charge in [-0.25, -0.2) is 4.79 Å². The van der Waals surface area contributed by atoms with E-state index in [1.807, 2.05) is 0 Å². The van der Waals surface area contributed by atoms with Gasteiger partial charge in [0, 0.05) is 10.8 Å². The summed E-state index contributed by atoms with van der Waals surface area (Å²) in [6.07, 6.45) is 3.11. The molecule has 0 spiro atoms. The Morgan fingerprint density at radius 3 is 2.63 bits per heavy atom. The SMILES string of the molecule is CC12CCC(C1)C(C)(C)C2(O)c1sccc1C(=O)O. The zero-order valence-corrected chi connectivity index (χ0v) is 12.4. The number of fused-ring (bicyclic) bond motifs is 2. The molecule has 0 radical (unpaired) electrons. The van der Waals surface area contributed by atoms with E-state index in [4.69, 9.17) is 0 Å². The van der Waals surface area contributed by atoms with Crippen molar-refractivity contribution in [3.8, 4) is 0 Å². The van der Waals surface area contributed by atoms with E-state index in [9.17, 15) is 15.0 Å². The van der Waals surface area contributed by atoms with Gasteiger partial charge in [-0.2, -0.15) is 0 Å². The first-order valence-electron chi connectivity index (χ1n) is 6.78. The summed E-state index contributed by atoms with van der Waals surface area (Å²) in [7, 11) is 0. The summed E-state index contributed by atoms with van der Waals surface area (Å²) < 4.78 is 0. The van der Waals surface area contributed by atoms with Crippen LogP contribution in [0.5, 0.6) is 0 Å². The van der Waals surface area contributed by atoms with Crippen molar-refractivity contribution in [2.75, 3.05) is 0 Å². The molecule has 3 unspecified atom stereocenters. The highest BCUT2D eigenvalue weighted by atomic mass is 32.1. The summed E-state index contributed by atoms with van der Waals surface area (Å²) in [6, 6.07) is 1.62. The maximum atomic E-state index is 11.5. The average molecular weight is 280 g/mol. The molecule has 4 heteroatoms. The summed E-state index contributed by atoms with van der Waals surface area (Å²) in [4.78, 5) is 12.0. The van der Waals surface area contributed by atoms with Crippen LogP contribution in [-0.4, -0.2) is 16.2 Å². The zero-order chi connectivity index (χ0) is 14.1. The predicted molar refractivity (Wildman–Crippen MR) is 74.4 cm³/mol. The number of hydrogen-bond donors (Lipinski definition) is 2. The predicted octanol–water partition coefficient (Wildman–Crippen LogP) is 3.48. The minimum atomic E-state index is -1.02. The fraction of sp³-hybridized carbons (Fsp3) is 0.667. The molecule has 1 aromatic heterocycles. The van der Waals surface area contributed by atoms with Crippen molar-refractivity contribution in [3.05, 3.63) is 21.9 Å². The number of aliphatic hydroxyl groups is 1. The van der Waals surface area contributed by atoms with Crippen molar-refractivity contribution in [1.29, 1.82) is 0 Å². The van der Waals surface area contributed by atoms with Gasteiger partial charge in [-0.3, -0.25) is 0 Å². The molecule has 2 saturated carbocycles. The van der Waals surface area contributed by atoms with Crippen LogP contribution in [-0.2, 0) is 5.60 Å². The van der Waals surface area contributed by atoms with Gasteiger partial charge in [0.2, 0.25) is 0 Å². The molecule has 2 N–H and O–H groups in total. The third kappa shape index (κ3) is 1.34. The van der Waals surface area contributed by atoms with E-state index < -0.39 is 11.6 Å². The van der Waals surface area contributed by atoms with Gasteiger partial charge in [0.25, 0.3) is 0 Å². The smallest absolute Gasteiger partial charge is 0.336 e. The Morgan fingerprint density at radius 2 is 2.11 bits per heavy atom. The molecular formula is C15H20O3S. The Bertz CT molecular complexity index is 541. The third-order valence-electron chi connectivity index (χ3n) is 5.79. The van der Waals surface area contributed by atoms with Gasteiger partial charge in [0.15, 0.2) is 0 Å². The van der Waals surface area contributed by atoms with E-state index in [-0.39, 0.29) is 16.4 Å². The Balaban J connectivity index is 2.22. The molecule has 2 fully saturated rings. The molecule has 0 amide bonds. The molecule has 19 heavy (non-hydrogen) atoms. The topological polar surface area (TPSA) is 57.5 Å². The van der Waals surface area contributed by atoms with Gasteiger partial charge in [0.05, 0.1) is 10.4 Å². The molecule has 0 aromatic carbocycles. The molecule has 0 aliphatic heterocycles. The van der Waals surface area contributed by atoms with Crippen LogP contribution in [0.1, 0.15) is 55.3 Å². The van der Waals surface area contributed by atoms with Crippen molar-refractivity contribution in [1.82, 2.24) is 0 Å². The second-order valence-corrected chi connectivity index (χ2v) is 7.82. The largest absolute Gasteiger partial charge is 0.478 e. The zero-order valence-electron chi connectivity index (χ0n) is 11.6. The van der Waals surface area contributed by atoms with E-state index in [1.165, 1.54) is 11.3 Å². The summed E-state index contributed by atoms with van der Waals surface area (Å²) in [6.45, 7) is 6.30. The van der Waals surface area contributed by atoms with Crippen molar-refractivity contribution in [3.63, 3.8) is 0 Å². The maximum Gasteiger partial charge on any atom is 0.336 e. The lowest BCUT2D eigenvalue weighted by Gasteiger charge is -2.50. The fourth-order valence-electron chi connectivity index (χ4n) is 4.58. The summed E-state index contributed by atoms with van der Waals surface area (Å²) >= 11 is 1.38. The van der Waals surface area contributed by atoms with Crippen molar-refractivity contribution >= 4 is 17.3 Å². The highest BCUT2D eigenvalue weighted by molar-refractivity contribution is 7.10. The minimum absolute atomic E-state index is 0.198. The summed E-state index contributed by atoms with van der Waals surface area (Å²) in [5.74, 6) is -0.460. The molecule has 3 nitrogen and oxygen atoms in total. The van der Waals surface area contributed by atoms with E-state index in [0.717, 1.165) is 19.3 Å². The maximum absolute atomic E-state index is 11.5. The molecule has 2 aliphatic carbocycles. The Morgan fingerprint density at radius 1 is 1.42 bits per heavy atom. The van der Waals surface area contributed by atoms with Crippen LogP contribution in [0, 0.1) is 16.7 Å². The van der Waals surface area contributed by atoms with E-state index >= 15 is 0 Å². The molecule has 2 aliphatic rings. The van der Waals surface area contributed by atoms with Gasteiger partial charge in [-0.05, 0) is 36.6 Å².